The van der Waals surface area contributed by atoms with Crippen LogP contribution < -0.4 is 10.9 Å². The summed E-state index contributed by atoms with van der Waals surface area (Å²) in [5, 5.41) is 5.04. The predicted molar refractivity (Wildman–Crippen MR) is 124 cm³/mol. The van der Waals surface area contributed by atoms with Crippen molar-refractivity contribution in [1.82, 2.24) is 19.8 Å². The Labute approximate surface area is 189 Å². The molecule has 0 bridgehead atoms. The number of pyridine rings is 1. The van der Waals surface area contributed by atoms with Crippen LogP contribution in [0.4, 0.5) is 5.13 Å². The second kappa shape index (κ2) is 10.3. The van der Waals surface area contributed by atoms with Crippen molar-refractivity contribution in [3.8, 4) is 0 Å². The highest BCUT2D eigenvalue weighted by molar-refractivity contribution is 7.14. The first-order chi connectivity index (χ1) is 15.6. The molecule has 3 heterocycles. The average molecular weight is 452 g/mol. The fraction of sp³-hybridized carbons (Fsp3) is 0.304. The van der Waals surface area contributed by atoms with Gasteiger partial charge in [0.25, 0.3) is 5.91 Å². The average Bonchev–Trinajstić information content (AvgIpc) is 3.26. The lowest BCUT2D eigenvalue weighted by Gasteiger charge is -2.34. The van der Waals surface area contributed by atoms with Crippen LogP contribution in [0.2, 0.25) is 0 Å². The summed E-state index contributed by atoms with van der Waals surface area (Å²) in [6.07, 6.45) is 2.30. The third-order valence-electron chi connectivity index (χ3n) is 5.39. The van der Waals surface area contributed by atoms with Crippen molar-refractivity contribution in [1.29, 1.82) is 0 Å². The van der Waals surface area contributed by atoms with Crippen LogP contribution >= 0.6 is 11.3 Å². The number of thiazole rings is 1. The van der Waals surface area contributed by atoms with Crippen molar-refractivity contribution in [2.75, 3.05) is 31.5 Å². The zero-order valence-corrected chi connectivity index (χ0v) is 18.4. The summed E-state index contributed by atoms with van der Waals surface area (Å²) in [7, 11) is 0. The Kier molecular flexibility index (Phi) is 7.08. The summed E-state index contributed by atoms with van der Waals surface area (Å²) >= 11 is 1.32. The lowest BCUT2D eigenvalue weighted by Crippen LogP contribution is -2.48. The number of benzene rings is 1. The van der Waals surface area contributed by atoms with E-state index in [2.05, 4.69) is 32.3 Å². The Balaban J connectivity index is 1.21. The molecule has 1 saturated heterocycles. The predicted octanol–water partition coefficient (Wildman–Crippen LogP) is 2.36. The molecule has 1 aliphatic heterocycles. The van der Waals surface area contributed by atoms with Gasteiger partial charge in [0.05, 0.1) is 11.3 Å². The summed E-state index contributed by atoms with van der Waals surface area (Å²) in [6.45, 7) is 4.14. The van der Waals surface area contributed by atoms with E-state index in [9.17, 15) is 14.4 Å². The number of carbonyl (C=O) groups excluding carboxylic acids is 2. The Morgan fingerprint density at radius 2 is 1.84 bits per heavy atom. The van der Waals surface area contributed by atoms with E-state index in [1.807, 2.05) is 28.5 Å². The minimum absolute atomic E-state index is 0.135. The number of nitrogens with one attached hydrogen (secondary N) is 2. The van der Waals surface area contributed by atoms with Gasteiger partial charge in [0.2, 0.25) is 11.5 Å². The van der Waals surface area contributed by atoms with E-state index in [0.29, 0.717) is 23.5 Å². The number of aromatic amines is 1. The molecule has 166 valence electrons. The lowest BCUT2D eigenvalue weighted by molar-refractivity contribution is -0.133. The van der Waals surface area contributed by atoms with E-state index in [0.717, 1.165) is 38.4 Å². The maximum absolute atomic E-state index is 12.6. The fourth-order valence-corrected chi connectivity index (χ4v) is 4.33. The molecule has 0 saturated carbocycles. The highest BCUT2D eigenvalue weighted by atomic mass is 32.1. The molecule has 1 fully saturated rings. The second-order valence-electron chi connectivity index (χ2n) is 7.68. The molecular formula is C23H25N5O3S. The van der Waals surface area contributed by atoms with Gasteiger partial charge in [0.1, 0.15) is 0 Å². The largest absolute Gasteiger partial charge is 0.340 e. The van der Waals surface area contributed by atoms with Crippen LogP contribution in [-0.4, -0.2) is 57.8 Å². The summed E-state index contributed by atoms with van der Waals surface area (Å²) in [6, 6.07) is 13.1. The first-order valence-corrected chi connectivity index (χ1v) is 11.4. The Morgan fingerprint density at radius 3 is 2.56 bits per heavy atom. The van der Waals surface area contributed by atoms with Gasteiger partial charge in [-0.15, -0.1) is 11.3 Å². The number of H-pyrrole nitrogens is 1. The van der Waals surface area contributed by atoms with Gasteiger partial charge in [-0.2, -0.15) is 0 Å². The van der Waals surface area contributed by atoms with Gasteiger partial charge < -0.3 is 9.88 Å². The van der Waals surface area contributed by atoms with Gasteiger partial charge >= 0.3 is 0 Å². The molecule has 0 spiro atoms. The number of anilines is 1. The van der Waals surface area contributed by atoms with Crippen molar-refractivity contribution in [2.24, 2.45) is 0 Å². The molecule has 0 radical (unpaired) electrons. The van der Waals surface area contributed by atoms with Crippen molar-refractivity contribution in [3.63, 3.8) is 0 Å². The summed E-state index contributed by atoms with van der Waals surface area (Å²) in [5.41, 5.74) is 2.16. The maximum atomic E-state index is 12.6. The topological polar surface area (TPSA) is 98.4 Å². The molecular weight excluding hydrogens is 426 g/mol. The van der Waals surface area contributed by atoms with E-state index in [4.69, 9.17) is 0 Å². The van der Waals surface area contributed by atoms with Crippen LogP contribution in [0.1, 0.15) is 28.0 Å². The number of nitrogens with zero attached hydrogens (tertiary/aromatic N) is 3. The van der Waals surface area contributed by atoms with Crippen LogP contribution in [0, 0.1) is 0 Å². The van der Waals surface area contributed by atoms with Crippen molar-refractivity contribution in [2.45, 2.75) is 19.4 Å². The van der Waals surface area contributed by atoms with Crippen LogP contribution in [0.15, 0.2) is 58.8 Å². The van der Waals surface area contributed by atoms with E-state index in [1.54, 1.807) is 0 Å². The number of aromatic nitrogens is 2. The number of hydrogen-bond acceptors (Lipinski definition) is 6. The molecule has 8 nitrogen and oxygen atoms in total. The Bertz CT molecular complexity index is 1100. The molecule has 4 rings (SSSR count). The van der Waals surface area contributed by atoms with E-state index < -0.39 is 0 Å². The van der Waals surface area contributed by atoms with Gasteiger partial charge in [-0.1, -0.05) is 30.3 Å². The number of carbonyl (C=O) groups is 2. The first kappa shape index (κ1) is 21.9. The molecule has 1 aliphatic rings. The first-order valence-electron chi connectivity index (χ1n) is 10.6. The Hall–Kier alpha value is -3.30. The summed E-state index contributed by atoms with van der Waals surface area (Å²) < 4.78 is 0. The molecule has 2 aromatic heterocycles. The molecule has 1 aromatic carbocycles. The molecule has 3 aromatic rings. The van der Waals surface area contributed by atoms with Crippen molar-refractivity contribution >= 4 is 28.3 Å². The molecule has 2 amide bonds. The van der Waals surface area contributed by atoms with Crippen LogP contribution in [-0.2, 0) is 17.8 Å². The zero-order valence-electron chi connectivity index (χ0n) is 17.6. The third-order valence-corrected chi connectivity index (χ3v) is 6.19. The van der Waals surface area contributed by atoms with Crippen LogP contribution in [0.25, 0.3) is 0 Å². The van der Waals surface area contributed by atoms with Crippen LogP contribution in [0.5, 0.6) is 0 Å². The van der Waals surface area contributed by atoms with Gasteiger partial charge in [0, 0.05) is 56.8 Å². The molecule has 0 aliphatic carbocycles. The number of piperazine rings is 1. The third kappa shape index (κ3) is 5.89. The summed E-state index contributed by atoms with van der Waals surface area (Å²) in [4.78, 5) is 47.1. The zero-order chi connectivity index (χ0) is 22.3. The minimum Gasteiger partial charge on any atom is -0.340 e. The molecule has 9 heteroatoms. The Morgan fingerprint density at radius 1 is 1.06 bits per heavy atom. The fourth-order valence-electron chi connectivity index (χ4n) is 3.59. The number of rotatable bonds is 7. The minimum atomic E-state index is -0.341. The number of amides is 2. The van der Waals surface area contributed by atoms with Gasteiger partial charge in [-0.25, -0.2) is 4.98 Å². The monoisotopic (exact) mass is 451 g/mol. The quantitative estimate of drug-likeness (QED) is 0.575. The van der Waals surface area contributed by atoms with E-state index >= 15 is 0 Å². The molecule has 0 atom stereocenters. The molecule has 2 N–H and O–H groups in total. The lowest BCUT2D eigenvalue weighted by atomic mass is 10.2. The van der Waals surface area contributed by atoms with E-state index in [1.165, 1.54) is 35.2 Å². The van der Waals surface area contributed by atoms with Gasteiger partial charge in [-0.05, 0) is 18.1 Å². The number of aryl methyl sites for hydroxylation is 1. The van der Waals surface area contributed by atoms with Crippen LogP contribution in [0.3, 0.4) is 0 Å². The van der Waals surface area contributed by atoms with E-state index in [-0.39, 0.29) is 17.4 Å². The normalized spacial score (nSPS) is 14.3. The maximum Gasteiger partial charge on any atom is 0.258 e. The number of hydrogen-bond donors (Lipinski definition) is 2. The highest BCUT2D eigenvalue weighted by Gasteiger charge is 2.21. The summed E-state index contributed by atoms with van der Waals surface area (Å²) in [5.74, 6) is -0.206. The van der Waals surface area contributed by atoms with Gasteiger partial charge in [-0.3, -0.25) is 24.6 Å². The SMILES string of the molecule is O=C(Nc1nc(CCC(=O)N2CCN(Cc3ccccc3)CC2)cs1)c1ccc(=O)[nH]c1. The highest BCUT2D eigenvalue weighted by Crippen LogP contribution is 2.18. The van der Waals surface area contributed by atoms with Crippen molar-refractivity contribution < 1.29 is 9.59 Å². The molecule has 32 heavy (non-hydrogen) atoms. The molecule has 0 unspecified atom stereocenters. The van der Waals surface area contributed by atoms with Crippen molar-refractivity contribution in [3.05, 3.63) is 81.2 Å². The van der Waals surface area contributed by atoms with Gasteiger partial charge in [0.15, 0.2) is 5.13 Å². The second-order valence-corrected chi connectivity index (χ2v) is 8.54. The smallest absolute Gasteiger partial charge is 0.258 e. The standard InChI is InChI=1S/C23H25N5O3S/c29-20-8-6-18(14-24-20)22(31)26-23-25-19(16-32-23)7-9-21(30)28-12-10-27(11-13-28)15-17-4-2-1-3-5-17/h1-6,8,14,16H,7,9-13,15H2,(H,24,29)(H,25,26,31).